The van der Waals surface area contributed by atoms with E-state index in [0.29, 0.717) is 17.1 Å². The summed E-state index contributed by atoms with van der Waals surface area (Å²) in [7, 11) is 1.60. The largest absolute Gasteiger partial charge is 0.497 e. The molecule has 1 atom stereocenters. The molecule has 2 aromatic carbocycles. The van der Waals surface area contributed by atoms with Crippen molar-refractivity contribution < 1.29 is 19.4 Å². The van der Waals surface area contributed by atoms with Gasteiger partial charge >= 0.3 is 5.97 Å². The lowest BCUT2D eigenvalue weighted by atomic mass is 9.85. The summed E-state index contributed by atoms with van der Waals surface area (Å²) in [6.07, 6.45) is 0. The number of aliphatic carboxylic acids is 1. The van der Waals surface area contributed by atoms with Crippen LogP contribution in [0.1, 0.15) is 12.5 Å². The fraction of sp³-hybridized carbons (Fsp3) is 0.188. The standard InChI is InChI=1S/C16H14O4/c1-16(15(17)18)13-6-4-3-5-11(13)12-9-10(19-2)7-8-14(12)20-16/h3-9H,1-2H3,(H,17,18). The molecule has 0 radical (unpaired) electrons. The van der Waals surface area contributed by atoms with Crippen LogP contribution in [0, 0.1) is 0 Å². The Balaban J connectivity index is 2.28. The zero-order valence-electron chi connectivity index (χ0n) is 11.2. The van der Waals surface area contributed by atoms with E-state index in [9.17, 15) is 9.90 Å². The van der Waals surface area contributed by atoms with Gasteiger partial charge < -0.3 is 14.6 Å². The van der Waals surface area contributed by atoms with Crippen molar-refractivity contribution in [3.8, 4) is 22.6 Å². The number of hydrogen-bond acceptors (Lipinski definition) is 3. The summed E-state index contributed by atoms with van der Waals surface area (Å²) in [6.45, 7) is 1.57. The molecule has 1 N–H and O–H groups in total. The number of hydrogen-bond donors (Lipinski definition) is 1. The van der Waals surface area contributed by atoms with E-state index in [1.165, 1.54) is 0 Å². The van der Waals surface area contributed by atoms with E-state index in [0.717, 1.165) is 11.1 Å². The molecule has 0 aromatic heterocycles. The summed E-state index contributed by atoms with van der Waals surface area (Å²) < 4.78 is 11.0. The van der Waals surface area contributed by atoms with Gasteiger partial charge in [-0.2, -0.15) is 0 Å². The van der Waals surface area contributed by atoms with Crippen molar-refractivity contribution >= 4 is 5.97 Å². The lowest BCUT2D eigenvalue weighted by Crippen LogP contribution is -2.40. The Kier molecular flexibility index (Phi) is 2.67. The lowest BCUT2D eigenvalue weighted by Gasteiger charge is -2.34. The Morgan fingerprint density at radius 3 is 2.65 bits per heavy atom. The molecule has 0 saturated carbocycles. The van der Waals surface area contributed by atoms with Crippen LogP contribution >= 0.6 is 0 Å². The topological polar surface area (TPSA) is 55.8 Å². The van der Waals surface area contributed by atoms with Crippen molar-refractivity contribution in [1.82, 2.24) is 0 Å². The van der Waals surface area contributed by atoms with Crippen LogP contribution in [-0.4, -0.2) is 18.2 Å². The molecule has 3 rings (SSSR count). The highest BCUT2D eigenvalue weighted by atomic mass is 16.5. The average Bonchev–Trinajstić information content (AvgIpc) is 2.47. The van der Waals surface area contributed by atoms with Crippen molar-refractivity contribution in [3.05, 3.63) is 48.0 Å². The second-order valence-corrected chi connectivity index (χ2v) is 4.85. The summed E-state index contributed by atoms with van der Waals surface area (Å²) in [5.41, 5.74) is 0.975. The summed E-state index contributed by atoms with van der Waals surface area (Å²) in [5, 5.41) is 9.52. The minimum absolute atomic E-state index is 0.550. The molecule has 20 heavy (non-hydrogen) atoms. The van der Waals surface area contributed by atoms with Gasteiger partial charge in [0.1, 0.15) is 11.5 Å². The van der Waals surface area contributed by atoms with Crippen LogP contribution in [0.3, 0.4) is 0 Å². The van der Waals surface area contributed by atoms with Crippen LogP contribution in [0.4, 0.5) is 0 Å². The van der Waals surface area contributed by atoms with E-state index >= 15 is 0 Å². The Morgan fingerprint density at radius 1 is 1.20 bits per heavy atom. The van der Waals surface area contributed by atoms with E-state index in [4.69, 9.17) is 9.47 Å². The highest BCUT2D eigenvalue weighted by molar-refractivity contribution is 5.88. The van der Waals surface area contributed by atoms with Crippen molar-refractivity contribution in [3.63, 3.8) is 0 Å². The molecular formula is C16H14O4. The maximum absolute atomic E-state index is 11.6. The van der Waals surface area contributed by atoms with Crippen molar-refractivity contribution in [2.75, 3.05) is 7.11 Å². The second kappa shape index (κ2) is 4.27. The van der Waals surface area contributed by atoms with Gasteiger partial charge in [-0.3, -0.25) is 0 Å². The van der Waals surface area contributed by atoms with Crippen molar-refractivity contribution in [2.24, 2.45) is 0 Å². The van der Waals surface area contributed by atoms with Crippen LogP contribution < -0.4 is 9.47 Å². The number of rotatable bonds is 2. The molecule has 1 aliphatic rings. The Bertz CT molecular complexity index is 693. The zero-order chi connectivity index (χ0) is 14.3. The molecule has 0 fully saturated rings. The molecule has 0 bridgehead atoms. The number of fused-ring (bicyclic) bond motifs is 3. The van der Waals surface area contributed by atoms with Crippen molar-refractivity contribution in [2.45, 2.75) is 12.5 Å². The third kappa shape index (κ3) is 1.65. The number of benzene rings is 2. The van der Waals surface area contributed by atoms with Gasteiger partial charge in [0.25, 0.3) is 0 Å². The van der Waals surface area contributed by atoms with E-state index in [2.05, 4.69) is 0 Å². The molecule has 2 aromatic rings. The maximum Gasteiger partial charge on any atom is 0.352 e. The Labute approximate surface area is 116 Å². The third-order valence-corrected chi connectivity index (χ3v) is 3.64. The zero-order valence-corrected chi connectivity index (χ0v) is 11.2. The molecule has 1 aliphatic heterocycles. The molecular weight excluding hydrogens is 256 g/mol. The van der Waals surface area contributed by atoms with E-state index < -0.39 is 11.6 Å². The Morgan fingerprint density at radius 2 is 1.95 bits per heavy atom. The van der Waals surface area contributed by atoms with Gasteiger partial charge in [-0.25, -0.2) is 4.79 Å². The van der Waals surface area contributed by atoms with Gasteiger partial charge in [-0.1, -0.05) is 24.3 Å². The molecule has 1 unspecified atom stereocenters. The first kappa shape index (κ1) is 12.5. The second-order valence-electron chi connectivity index (χ2n) is 4.85. The fourth-order valence-corrected chi connectivity index (χ4v) is 2.50. The summed E-state index contributed by atoms with van der Waals surface area (Å²) in [5.74, 6) is 0.252. The lowest BCUT2D eigenvalue weighted by molar-refractivity contribution is -0.154. The molecule has 0 saturated heterocycles. The monoisotopic (exact) mass is 270 g/mol. The molecule has 102 valence electrons. The minimum atomic E-state index is -1.38. The van der Waals surface area contributed by atoms with Gasteiger partial charge in [0.2, 0.25) is 5.60 Å². The normalized spacial score (nSPS) is 19.5. The van der Waals surface area contributed by atoms with Gasteiger partial charge in [0.15, 0.2) is 0 Å². The van der Waals surface area contributed by atoms with Gasteiger partial charge in [0, 0.05) is 11.1 Å². The SMILES string of the molecule is COc1ccc2c(c1)-c1ccccc1C(C)(C(=O)O)O2. The summed E-state index contributed by atoms with van der Waals surface area (Å²) >= 11 is 0. The smallest absolute Gasteiger partial charge is 0.352 e. The summed E-state index contributed by atoms with van der Waals surface area (Å²) in [4.78, 5) is 11.6. The molecule has 4 nitrogen and oxygen atoms in total. The third-order valence-electron chi connectivity index (χ3n) is 3.64. The van der Waals surface area contributed by atoms with Crippen LogP contribution in [0.25, 0.3) is 11.1 Å². The highest BCUT2D eigenvalue weighted by Crippen LogP contribution is 2.46. The molecule has 4 heteroatoms. The van der Waals surface area contributed by atoms with Gasteiger partial charge in [-0.05, 0) is 30.7 Å². The molecule has 0 spiro atoms. The number of carboxylic acids is 1. The van der Waals surface area contributed by atoms with Gasteiger partial charge in [-0.15, -0.1) is 0 Å². The first-order valence-electron chi connectivity index (χ1n) is 6.26. The predicted molar refractivity (Wildman–Crippen MR) is 74.0 cm³/mol. The average molecular weight is 270 g/mol. The predicted octanol–water partition coefficient (Wildman–Crippen LogP) is 3.05. The van der Waals surface area contributed by atoms with E-state index in [-0.39, 0.29) is 0 Å². The van der Waals surface area contributed by atoms with E-state index in [1.807, 2.05) is 24.3 Å². The maximum atomic E-state index is 11.6. The highest BCUT2D eigenvalue weighted by Gasteiger charge is 2.43. The molecule has 0 amide bonds. The van der Waals surface area contributed by atoms with Crippen LogP contribution in [0.15, 0.2) is 42.5 Å². The number of methoxy groups -OCH3 is 1. The van der Waals surface area contributed by atoms with Crippen LogP contribution in [0.5, 0.6) is 11.5 Å². The minimum Gasteiger partial charge on any atom is -0.497 e. The van der Waals surface area contributed by atoms with Crippen LogP contribution in [0.2, 0.25) is 0 Å². The fourth-order valence-electron chi connectivity index (χ4n) is 2.50. The van der Waals surface area contributed by atoms with Crippen molar-refractivity contribution in [1.29, 1.82) is 0 Å². The summed E-state index contributed by atoms with van der Waals surface area (Å²) in [6, 6.07) is 12.7. The number of ether oxygens (including phenoxy) is 2. The van der Waals surface area contributed by atoms with Crippen LogP contribution in [-0.2, 0) is 10.4 Å². The quantitative estimate of drug-likeness (QED) is 0.911. The number of carbonyl (C=O) groups is 1. The molecule has 0 aliphatic carbocycles. The van der Waals surface area contributed by atoms with E-state index in [1.54, 1.807) is 32.2 Å². The molecule has 1 heterocycles. The first-order valence-corrected chi connectivity index (χ1v) is 6.26. The number of carboxylic acid groups (broad SMARTS) is 1. The Hall–Kier alpha value is -2.49. The first-order chi connectivity index (χ1) is 9.56. The van der Waals surface area contributed by atoms with Gasteiger partial charge in [0.05, 0.1) is 7.11 Å².